The summed E-state index contributed by atoms with van der Waals surface area (Å²) < 4.78 is 24.5. The second kappa shape index (κ2) is 8.34. The van der Waals surface area contributed by atoms with Crippen molar-refractivity contribution in [2.75, 3.05) is 19.8 Å². The molecule has 2 atom stereocenters. The average Bonchev–Trinajstić information content (AvgIpc) is 2.42. The Labute approximate surface area is 132 Å². The quantitative estimate of drug-likeness (QED) is 0.869. The highest BCUT2D eigenvalue weighted by molar-refractivity contribution is 7.84. The van der Waals surface area contributed by atoms with E-state index in [4.69, 9.17) is 11.6 Å². The van der Waals surface area contributed by atoms with E-state index in [2.05, 4.69) is 5.32 Å². The molecule has 0 heterocycles. The van der Waals surface area contributed by atoms with Crippen molar-refractivity contribution < 1.29 is 13.4 Å². The zero-order valence-electron chi connectivity index (χ0n) is 12.4. The lowest BCUT2D eigenvalue weighted by molar-refractivity contribution is 0.206. The predicted molar refractivity (Wildman–Crippen MR) is 84.4 cm³/mol. The van der Waals surface area contributed by atoms with Crippen LogP contribution in [0.5, 0.6) is 0 Å². The first-order chi connectivity index (χ1) is 9.81. The van der Waals surface area contributed by atoms with Crippen molar-refractivity contribution in [2.24, 2.45) is 0 Å². The van der Waals surface area contributed by atoms with Crippen LogP contribution in [0.15, 0.2) is 18.2 Å². The minimum absolute atomic E-state index is 0.0426. The predicted octanol–water partition coefficient (Wildman–Crippen LogP) is 2.78. The molecule has 2 amide bonds. The van der Waals surface area contributed by atoms with Crippen LogP contribution in [0, 0.1) is 5.82 Å². The fourth-order valence-electron chi connectivity index (χ4n) is 1.67. The monoisotopic (exact) mass is 334 g/mol. The van der Waals surface area contributed by atoms with E-state index in [9.17, 15) is 13.4 Å². The molecule has 0 spiro atoms. The van der Waals surface area contributed by atoms with Crippen molar-refractivity contribution in [1.29, 1.82) is 0 Å². The molecule has 4 nitrogen and oxygen atoms in total. The normalized spacial score (nSPS) is 13.6. The van der Waals surface area contributed by atoms with Crippen LogP contribution in [0.3, 0.4) is 0 Å². The summed E-state index contributed by atoms with van der Waals surface area (Å²) in [5.74, 6) is -0.498. The van der Waals surface area contributed by atoms with E-state index in [1.165, 1.54) is 17.0 Å². The summed E-state index contributed by atoms with van der Waals surface area (Å²) in [4.78, 5) is 13.3. The van der Waals surface area contributed by atoms with Gasteiger partial charge in [0.15, 0.2) is 0 Å². The molecule has 21 heavy (non-hydrogen) atoms. The lowest BCUT2D eigenvalue weighted by Gasteiger charge is -2.19. The van der Waals surface area contributed by atoms with Gasteiger partial charge in [-0.2, -0.15) is 0 Å². The van der Waals surface area contributed by atoms with E-state index in [1.54, 1.807) is 19.4 Å². The summed E-state index contributed by atoms with van der Waals surface area (Å²) in [6, 6.07) is 4.21. The summed E-state index contributed by atoms with van der Waals surface area (Å²) >= 11 is 5.61. The maximum atomic E-state index is 13.3. The fourth-order valence-corrected chi connectivity index (χ4v) is 2.23. The molecule has 0 bridgehead atoms. The Balaban J connectivity index is 2.43. The van der Waals surface area contributed by atoms with Gasteiger partial charge in [-0.3, -0.25) is 4.21 Å². The van der Waals surface area contributed by atoms with Crippen LogP contribution in [0.2, 0.25) is 5.02 Å². The van der Waals surface area contributed by atoms with Crippen LogP contribution >= 0.6 is 11.6 Å². The summed E-state index contributed by atoms with van der Waals surface area (Å²) in [6.07, 6.45) is 2.30. The zero-order valence-corrected chi connectivity index (χ0v) is 13.9. The topological polar surface area (TPSA) is 49.4 Å². The van der Waals surface area contributed by atoms with Gasteiger partial charge >= 0.3 is 6.03 Å². The number of halogens is 2. The third-order valence-corrected chi connectivity index (χ3v) is 4.82. The molecule has 0 aliphatic carbocycles. The summed E-state index contributed by atoms with van der Waals surface area (Å²) in [6.45, 7) is 2.62. The molecule has 0 aliphatic rings. The molecule has 7 heteroatoms. The number of benzene rings is 1. The number of carbonyl (C=O) groups excluding carboxylic acids is 1. The van der Waals surface area contributed by atoms with E-state index >= 15 is 0 Å². The van der Waals surface area contributed by atoms with Crippen molar-refractivity contribution >= 4 is 28.4 Å². The van der Waals surface area contributed by atoms with Gasteiger partial charge in [-0.25, -0.2) is 9.18 Å². The molecule has 0 radical (unpaired) electrons. The number of urea groups is 1. The first kappa shape index (κ1) is 17.9. The van der Waals surface area contributed by atoms with Crippen LogP contribution in [-0.4, -0.2) is 40.2 Å². The summed E-state index contributed by atoms with van der Waals surface area (Å²) in [5, 5.41) is 2.85. The summed E-state index contributed by atoms with van der Waals surface area (Å²) in [7, 11) is 0.737. The molecule has 2 unspecified atom stereocenters. The van der Waals surface area contributed by atoms with Gasteiger partial charge in [0.25, 0.3) is 0 Å². The molecular formula is C14H20ClFN2O2S. The number of hydrogen-bond donors (Lipinski definition) is 1. The molecule has 0 aromatic heterocycles. The average molecular weight is 335 g/mol. The Morgan fingerprint density at radius 2 is 2.19 bits per heavy atom. The van der Waals surface area contributed by atoms with Gasteiger partial charge in [-0.15, -0.1) is 0 Å². The molecule has 0 saturated carbocycles. The van der Waals surface area contributed by atoms with Crippen molar-refractivity contribution in [1.82, 2.24) is 10.2 Å². The van der Waals surface area contributed by atoms with Gasteiger partial charge < -0.3 is 10.2 Å². The first-order valence-electron chi connectivity index (χ1n) is 6.56. The van der Waals surface area contributed by atoms with Crippen molar-refractivity contribution in [2.45, 2.75) is 25.1 Å². The Morgan fingerprint density at radius 1 is 1.52 bits per heavy atom. The molecule has 1 aromatic rings. The number of nitrogens with one attached hydrogen (secondary N) is 1. The van der Waals surface area contributed by atoms with Gasteiger partial charge in [0.2, 0.25) is 0 Å². The third-order valence-electron chi connectivity index (χ3n) is 3.14. The highest BCUT2D eigenvalue weighted by atomic mass is 35.5. The molecular weight excluding hydrogens is 315 g/mol. The number of nitrogens with zero attached hydrogens (tertiary/aromatic N) is 1. The zero-order chi connectivity index (χ0) is 16.0. The van der Waals surface area contributed by atoms with Gasteiger partial charge in [0.1, 0.15) is 5.82 Å². The van der Waals surface area contributed by atoms with E-state index in [1.807, 2.05) is 6.92 Å². The SMILES string of the molecule is CC(CCNC(=O)N(C)Cc1ccc(Cl)c(F)c1)S(C)=O. The van der Waals surface area contributed by atoms with Crippen LogP contribution in [0.1, 0.15) is 18.9 Å². The largest absolute Gasteiger partial charge is 0.338 e. The Morgan fingerprint density at radius 3 is 2.76 bits per heavy atom. The molecule has 118 valence electrons. The van der Waals surface area contributed by atoms with E-state index in [-0.39, 0.29) is 22.8 Å². The summed E-state index contributed by atoms with van der Waals surface area (Å²) in [5.41, 5.74) is 0.664. The van der Waals surface area contributed by atoms with Gasteiger partial charge in [-0.1, -0.05) is 24.6 Å². The van der Waals surface area contributed by atoms with Crippen LogP contribution in [-0.2, 0) is 17.3 Å². The number of amides is 2. The molecule has 1 aromatic carbocycles. The molecule has 0 fully saturated rings. The number of hydrogen-bond acceptors (Lipinski definition) is 2. The van der Waals surface area contributed by atoms with Crippen LogP contribution in [0.4, 0.5) is 9.18 Å². The van der Waals surface area contributed by atoms with Crippen molar-refractivity contribution in [3.63, 3.8) is 0 Å². The highest BCUT2D eigenvalue weighted by Gasteiger charge is 2.11. The fraction of sp³-hybridized carbons (Fsp3) is 0.500. The standard InChI is InChI=1S/C14H20ClFN2O2S/c1-10(21(3)20)6-7-17-14(19)18(2)9-11-4-5-12(15)13(16)8-11/h4-5,8,10H,6-7,9H2,1-3H3,(H,17,19). The van der Waals surface area contributed by atoms with Crippen molar-refractivity contribution in [3.05, 3.63) is 34.6 Å². The Hall–Kier alpha value is -1.14. The Kier molecular flexibility index (Phi) is 7.11. The minimum Gasteiger partial charge on any atom is -0.338 e. The van der Waals surface area contributed by atoms with E-state index in [0.717, 1.165) is 0 Å². The lowest BCUT2D eigenvalue weighted by atomic mass is 10.2. The van der Waals surface area contributed by atoms with E-state index in [0.29, 0.717) is 18.5 Å². The van der Waals surface area contributed by atoms with Crippen molar-refractivity contribution in [3.8, 4) is 0 Å². The smallest absolute Gasteiger partial charge is 0.317 e. The second-order valence-corrected chi connectivity index (χ2v) is 7.14. The van der Waals surface area contributed by atoms with Crippen LogP contribution in [0.25, 0.3) is 0 Å². The lowest BCUT2D eigenvalue weighted by Crippen LogP contribution is -2.38. The maximum absolute atomic E-state index is 13.3. The molecule has 0 aliphatic heterocycles. The highest BCUT2D eigenvalue weighted by Crippen LogP contribution is 2.16. The molecule has 0 saturated heterocycles. The second-order valence-electron chi connectivity index (χ2n) is 4.93. The first-order valence-corrected chi connectivity index (χ1v) is 8.56. The Bertz CT molecular complexity index is 528. The molecule has 1 N–H and O–H groups in total. The molecule has 1 rings (SSSR count). The minimum atomic E-state index is -0.891. The van der Waals surface area contributed by atoms with Gasteiger partial charge in [0.05, 0.1) is 5.02 Å². The van der Waals surface area contributed by atoms with Crippen LogP contribution < -0.4 is 5.32 Å². The third kappa shape index (κ3) is 6.01. The van der Waals surface area contributed by atoms with Gasteiger partial charge in [-0.05, 0) is 24.1 Å². The maximum Gasteiger partial charge on any atom is 0.317 e. The van der Waals surface area contributed by atoms with E-state index < -0.39 is 16.6 Å². The number of rotatable bonds is 6. The number of carbonyl (C=O) groups is 1. The van der Waals surface area contributed by atoms with Gasteiger partial charge in [0, 0.05) is 42.4 Å².